The van der Waals surface area contributed by atoms with Gasteiger partial charge in [0, 0.05) is 24.1 Å². The molecule has 3 nitrogen and oxygen atoms in total. The van der Waals surface area contributed by atoms with Gasteiger partial charge in [-0.1, -0.05) is 36.7 Å². The highest BCUT2D eigenvalue weighted by Gasteiger charge is 2.09. The van der Waals surface area contributed by atoms with Crippen molar-refractivity contribution in [2.75, 3.05) is 5.32 Å². The van der Waals surface area contributed by atoms with Crippen LogP contribution in [0.15, 0.2) is 24.3 Å². The van der Waals surface area contributed by atoms with Gasteiger partial charge >= 0.3 is 0 Å². The van der Waals surface area contributed by atoms with Gasteiger partial charge in [0.2, 0.25) is 0 Å². The van der Waals surface area contributed by atoms with Crippen LogP contribution in [-0.4, -0.2) is 9.97 Å². The van der Waals surface area contributed by atoms with Gasteiger partial charge in [-0.2, -0.15) is 0 Å². The van der Waals surface area contributed by atoms with Crippen LogP contribution < -0.4 is 5.32 Å². The molecule has 0 aliphatic rings. The van der Waals surface area contributed by atoms with E-state index in [-0.39, 0.29) is 5.82 Å². The van der Waals surface area contributed by atoms with Crippen LogP contribution in [0.25, 0.3) is 0 Å². The molecule has 5 heteroatoms. The molecule has 0 aliphatic carbocycles. The monoisotopic (exact) mass is 293 g/mol. The molecule has 0 atom stereocenters. The van der Waals surface area contributed by atoms with E-state index in [1.54, 1.807) is 12.1 Å². The number of nitrogens with zero attached hydrogens (tertiary/aromatic N) is 2. The topological polar surface area (TPSA) is 37.8 Å². The van der Waals surface area contributed by atoms with E-state index in [1.807, 2.05) is 13.0 Å². The molecular formula is C15H17ClFN3. The van der Waals surface area contributed by atoms with E-state index < -0.39 is 0 Å². The van der Waals surface area contributed by atoms with Crippen molar-refractivity contribution < 1.29 is 4.39 Å². The summed E-state index contributed by atoms with van der Waals surface area (Å²) in [6, 6.07) is 6.67. The molecule has 1 N–H and O–H groups in total. The molecule has 0 aliphatic heterocycles. The number of benzene rings is 1. The van der Waals surface area contributed by atoms with E-state index in [0.717, 1.165) is 18.4 Å². The molecule has 1 aromatic heterocycles. The average molecular weight is 294 g/mol. The molecule has 20 heavy (non-hydrogen) atoms. The van der Waals surface area contributed by atoms with Gasteiger partial charge in [-0.3, -0.25) is 0 Å². The van der Waals surface area contributed by atoms with Gasteiger partial charge in [-0.05, 0) is 19.4 Å². The van der Waals surface area contributed by atoms with E-state index in [4.69, 9.17) is 11.6 Å². The van der Waals surface area contributed by atoms with Crippen molar-refractivity contribution in [1.82, 2.24) is 9.97 Å². The van der Waals surface area contributed by atoms with E-state index in [9.17, 15) is 4.39 Å². The van der Waals surface area contributed by atoms with Crippen molar-refractivity contribution >= 4 is 17.4 Å². The summed E-state index contributed by atoms with van der Waals surface area (Å²) >= 11 is 6.10. The zero-order valence-corrected chi connectivity index (χ0v) is 12.3. The van der Waals surface area contributed by atoms with Crippen molar-refractivity contribution in [2.24, 2.45) is 0 Å². The number of aryl methyl sites for hydroxylation is 1. The predicted octanol–water partition coefficient (Wildman–Crippen LogP) is 4.14. The summed E-state index contributed by atoms with van der Waals surface area (Å²) in [5.41, 5.74) is 1.38. The van der Waals surface area contributed by atoms with Gasteiger partial charge in [0.25, 0.3) is 0 Å². The van der Waals surface area contributed by atoms with Crippen molar-refractivity contribution in [1.29, 1.82) is 0 Å². The normalized spacial score (nSPS) is 10.6. The third-order valence-corrected chi connectivity index (χ3v) is 3.38. The van der Waals surface area contributed by atoms with Crippen LogP contribution in [0, 0.1) is 12.7 Å². The Hall–Kier alpha value is -1.68. The highest BCUT2D eigenvalue weighted by molar-refractivity contribution is 6.30. The summed E-state index contributed by atoms with van der Waals surface area (Å²) in [7, 11) is 0. The zero-order chi connectivity index (χ0) is 14.5. The number of hydrogen-bond donors (Lipinski definition) is 1. The van der Waals surface area contributed by atoms with E-state index in [0.29, 0.717) is 28.9 Å². The van der Waals surface area contributed by atoms with Crippen molar-refractivity contribution in [3.8, 4) is 0 Å². The fraction of sp³-hybridized carbons (Fsp3) is 0.333. The first-order chi connectivity index (χ1) is 9.61. The number of aromatic nitrogens is 2. The molecule has 106 valence electrons. The van der Waals surface area contributed by atoms with Gasteiger partial charge in [0.1, 0.15) is 22.6 Å². The van der Waals surface area contributed by atoms with Crippen LogP contribution in [0.1, 0.15) is 30.3 Å². The Morgan fingerprint density at radius 1 is 1.25 bits per heavy atom. The Morgan fingerprint density at radius 2 is 2.00 bits per heavy atom. The summed E-state index contributed by atoms with van der Waals surface area (Å²) in [6.07, 6.45) is 1.72. The van der Waals surface area contributed by atoms with Crippen LogP contribution in [0.5, 0.6) is 0 Å². The third-order valence-electron chi connectivity index (χ3n) is 3.01. The number of halogens is 2. The van der Waals surface area contributed by atoms with E-state index in [2.05, 4.69) is 22.2 Å². The predicted molar refractivity (Wildman–Crippen MR) is 79.5 cm³/mol. The maximum atomic E-state index is 13.6. The summed E-state index contributed by atoms with van der Waals surface area (Å²) in [5, 5.41) is 3.58. The molecule has 0 spiro atoms. The van der Waals surface area contributed by atoms with E-state index >= 15 is 0 Å². The van der Waals surface area contributed by atoms with Crippen molar-refractivity contribution in [2.45, 2.75) is 33.2 Å². The van der Waals surface area contributed by atoms with Crippen molar-refractivity contribution in [3.63, 3.8) is 0 Å². The van der Waals surface area contributed by atoms with Crippen LogP contribution in [0.3, 0.4) is 0 Å². The highest BCUT2D eigenvalue weighted by atomic mass is 35.5. The lowest BCUT2D eigenvalue weighted by Crippen LogP contribution is -2.08. The van der Waals surface area contributed by atoms with Crippen LogP contribution >= 0.6 is 11.6 Å². The molecule has 0 radical (unpaired) electrons. The summed E-state index contributed by atoms with van der Waals surface area (Å²) in [6.45, 7) is 4.28. The lowest BCUT2D eigenvalue weighted by molar-refractivity contribution is 0.613. The van der Waals surface area contributed by atoms with Crippen LogP contribution in [-0.2, 0) is 13.0 Å². The first kappa shape index (κ1) is 14.7. The number of rotatable bonds is 5. The average Bonchev–Trinajstić information content (AvgIpc) is 2.43. The maximum Gasteiger partial charge on any atom is 0.137 e. The number of hydrogen-bond acceptors (Lipinski definition) is 3. The Balaban J connectivity index is 2.18. The molecule has 2 aromatic rings. The fourth-order valence-corrected chi connectivity index (χ4v) is 2.05. The van der Waals surface area contributed by atoms with Gasteiger partial charge in [-0.25, -0.2) is 14.4 Å². The standard InChI is InChI=1S/C15H17ClFN3/c1-3-6-13-19-14(16)10(2)15(20-13)18-9-11-7-4-5-8-12(11)17/h4-5,7-8H,3,6,9H2,1-2H3,(H,18,19,20). The van der Waals surface area contributed by atoms with Gasteiger partial charge in [-0.15, -0.1) is 0 Å². The Bertz CT molecular complexity index is 602. The fourth-order valence-electron chi connectivity index (χ4n) is 1.86. The largest absolute Gasteiger partial charge is 0.366 e. The molecule has 1 aromatic carbocycles. The smallest absolute Gasteiger partial charge is 0.137 e. The molecule has 0 amide bonds. The lowest BCUT2D eigenvalue weighted by atomic mass is 10.2. The minimum Gasteiger partial charge on any atom is -0.366 e. The second-order valence-corrected chi connectivity index (χ2v) is 4.96. The van der Waals surface area contributed by atoms with Crippen molar-refractivity contribution in [3.05, 3.63) is 52.2 Å². The zero-order valence-electron chi connectivity index (χ0n) is 11.6. The molecule has 0 bridgehead atoms. The van der Waals surface area contributed by atoms with Gasteiger partial charge in [0.15, 0.2) is 0 Å². The highest BCUT2D eigenvalue weighted by Crippen LogP contribution is 2.21. The summed E-state index contributed by atoms with van der Waals surface area (Å²) < 4.78 is 13.6. The molecule has 0 unspecified atom stereocenters. The van der Waals surface area contributed by atoms with Gasteiger partial charge in [0.05, 0.1) is 0 Å². The molecular weight excluding hydrogens is 277 g/mol. The quantitative estimate of drug-likeness (QED) is 0.842. The molecule has 2 rings (SSSR count). The molecule has 0 saturated heterocycles. The van der Waals surface area contributed by atoms with Crippen LogP contribution in [0.2, 0.25) is 5.15 Å². The first-order valence-corrected chi connectivity index (χ1v) is 7.00. The molecule has 0 fully saturated rings. The Morgan fingerprint density at radius 3 is 2.70 bits per heavy atom. The SMILES string of the molecule is CCCc1nc(Cl)c(C)c(NCc2ccccc2F)n1. The lowest BCUT2D eigenvalue weighted by Gasteiger charge is -2.11. The summed E-state index contributed by atoms with van der Waals surface area (Å²) in [5.74, 6) is 1.14. The third kappa shape index (κ3) is 3.45. The first-order valence-electron chi connectivity index (χ1n) is 6.62. The van der Waals surface area contributed by atoms with Gasteiger partial charge < -0.3 is 5.32 Å². The number of anilines is 1. The minimum atomic E-state index is -0.230. The summed E-state index contributed by atoms with van der Waals surface area (Å²) in [4.78, 5) is 8.67. The van der Waals surface area contributed by atoms with Crippen LogP contribution in [0.4, 0.5) is 10.2 Å². The second-order valence-electron chi connectivity index (χ2n) is 4.60. The van der Waals surface area contributed by atoms with E-state index in [1.165, 1.54) is 6.07 Å². The number of nitrogens with one attached hydrogen (secondary N) is 1. The minimum absolute atomic E-state index is 0.230. The maximum absolute atomic E-state index is 13.6. The molecule has 1 heterocycles. The Kier molecular flexibility index (Phi) is 4.90. The molecule has 0 saturated carbocycles. The second kappa shape index (κ2) is 6.66. The Labute approximate surface area is 123 Å².